The zero-order valence-corrected chi connectivity index (χ0v) is 16.7. The van der Waals surface area contributed by atoms with Crippen molar-refractivity contribution in [3.05, 3.63) is 78.0 Å². The minimum Gasteiger partial charge on any atom is -0.455 e. The van der Waals surface area contributed by atoms with E-state index in [1.54, 1.807) is 0 Å². The average Bonchev–Trinajstić information content (AvgIpc) is 3.06. The first-order valence-corrected chi connectivity index (χ1v) is 9.69. The van der Waals surface area contributed by atoms with Crippen LogP contribution >= 0.6 is 0 Å². The van der Waals surface area contributed by atoms with Crippen molar-refractivity contribution in [2.75, 3.05) is 0 Å². The van der Waals surface area contributed by atoms with Crippen molar-refractivity contribution in [1.82, 2.24) is 0 Å². The van der Waals surface area contributed by atoms with Crippen LogP contribution in [-0.2, 0) is 7.05 Å². The fraction of sp³-hybridized carbons (Fsp3) is 0.192. The lowest BCUT2D eigenvalue weighted by molar-refractivity contribution is -0.660. The van der Waals surface area contributed by atoms with E-state index in [2.05, 4.69) is 78.4 Å². The Balaban J connectivity index is 1.85. The van der Waals surface area contributed by atoms with Crippen molar-refractivity contribution in [2.45, 2.75) is 26.7 Å². The molecule has 3 aromatic carbocycles. The molecule has 0 aliphatic carbocycles. The highest BCUT2D eigenvalue weighted by Gasteiger charge is 2.21. The molecule has 0 bridgehead atoms. The molecule has 2 aromatic heterocycles. The van der Waals surface area contributed by atoms with E-state index in [1.165, 1.54) is 21.7 Å². The van der Waals surface area contributed by atoms with Gasteiger partial charge in [0.15, 0.2) is 6.20 Å². The van der Waals surface area contributed by atoms with E-state index in [0.717, 1.165) is 33.4 Å². The number of hydrogen-bond acceptors (Lipinski definition) is 1. The molecule has 0 spiro atoms. The van der Waals surface area contributed by atoms with E-state index in [0.29, 0.717) is 0 Å². The number of pyridine rings is 1. The molecule has 0 fully saturated rings. The Kier molecular flexibility index (Phi) is 3.52. The van der Waals surface area contributed by atoms with Gasteiger partial charge in [-0.2, -0.15) is 0 Å². The first-order chi connectivity index (χ1) is 13.8. The molecule has 138 valence electrons. The molecule has 0 atom stereocenters. The fourth-order valence-corrected chi connectivity index (χ4v) is 4.19. The van der Waals surface area contributed by atoms with Gasteiger partial charge in [-0.3, -0.25) is 0 Å². The quantitative estimate of drug-likeness (QED) is 0.319. The van der Waals surface area contributed by atoms with Gasteiger partial charge in [-0.1, -0.05) is 56.3 Å². The molecule has 0 amide bonds. The molecule has 0 saturated heterocycles. The Morgan fingerprint density at radius 2 is 1.75 bits per heavy atom. The molecule has 0 N–H and O–H groups in total. The lowest BCUT2D eigenvalue weighted by Crippen LogP contribution is -2.31. The number of aryl methyl sites for hydroxylation is 2. The second kappa shape index (κ2) is 6.20. The zero-order valence-electron chi connectivity index (χ0n) is 17.7. The molecule has 2 heterocycles. The standard InChI is InChI=1S/C26H24NO/c1-16(2)19-10-13-22(27(4)15-19)24-17(3)9-12-21-25-20-8-6-5-7-18(20)11-14-23(25)28-26(21)24/h5-16H,1-4H3/q+1/i16D. The summed E-state index contributed by atoms with van der Waals surface area (Å²) < 4.78 is 16.9. The van der Waals surface area contributed by atoms with Crippen molar-refractivity contribution in [3.8, 4) is 11.3 Å². The molecule has 2 heteroatoms. The number of rotatable bonds is 2. The summed E-state index contributed by atoms with van der Waals surface area (Å²) in [6.07, 6.45) is 2.05. The van der Waals surface area contributed by atoms with E-state index < -0.39 is 5.89 Å². The molecule has 0 unspecified atom stereocenters. The first-order valence-electron chi connectivity index (χ1n) is 10.2. The van der Waals surface area contributed by atoms with Gasteiger partial charge in [-0.25, -0.2) is 4.57 Å². The Morgan fingerprint density at radius 3 is 2.54 bits per heavy atom. The number of benzene rings is 3. The summed E-state index contributed by atoms with van der Waals surface area (Å²) in [6, 6.07) is 21.2. The van der Waals surface area contributed by atoms with Crippen LogP contribution in [0.25, 0.3) is 44.0 Å². The Hall–Kier alpha value is -3.13. The third-order valence-electron chi connectivity index (χ3n) is 5.71. The minimum absolute atomic E-state index is 0.629. The van der Waals surface area contributed by atoms with E-state index in [4.69, 9.17) is 5.79 Å². The summed E-state index contributed by atoms with van der Waals surface area (Å²) in [5.41, 5.74) is 6.20. The molecule has 5 rings (SSSR count). The van der Waals surface area contributed by atoms with Crippen LogP contribution in [0.1, 0.15) is 32.2 Å². The number of hydrogen-bond donors (Lipinski definition) is 0. The lowest BCUT2D eigenvalue weighted by atomic mass is 9.97. The van der Waals surface area contributed by atoms with Crippen molar-refractivity contribution in [3.63, 3.8) is 0 Å². The van der Waals surface area contributed by atoms with Gasteiger partial charge in [0.1, 0.15) is 18.2 Å². The summed E-state index contributed by atoms with van der Waals surface area (Å²) >= 11 is 0. The highest BCUT2D eigenvalue weighted by molar-refractivity contribution is 6.20. The normalized spacial score (nSPS) is 12.8. The summed E-state index contributed by atoms with van der Waals surface area (Å²) in [5.74, 6) is -0.629. The Labute approximate surface area is 166 Å². The van der Waals surface area contributed by atoms with Gasteiger partial charge in [0, 0.05) is 23.8 Å². The van der Waals surface area contributed by atoms with Gasteiger partial charge >= 0.3 is 0 Å². The van der Waals surface area contributed by atoms with E-state index in [-0.39, 0.29) is 0 Å². The molecular formula is C26H24NO+. The van der Waals surface area contributed by atoms with Crippen LogP contribution in [-0.4, -0.2) is 0 Å². The van der Waals surface area contributed by atoms with Gasteiger partial charge in [-0.15, -0.1) is 0 Å². The minimum atomic E-state index is -0.629. The smallest absolute Gasteiger partial charge is 0.216 e. The van der Waals surface area contributed by atoms with E-state index >= 15 is 0 Å². The van der Waals surface area contributed by atoms with E-state index in [1.807, 2.05) is 20.9 Å². The zero-order chi connectivity index (χ0) is 20.3. The third-order valence-corrected chi connectivity index (χ3v) is 5.71. The van der Waals surface area contributed by atoms with Crippen LogP contribution in [0.5, 0.6) is 0 Å². The molecule has 5 aromatic rings. The number of fused-ring (bicyclic) bond motifs is 5. The molecular weight excluding hydrogens is 342 g/mol. The number of nitrogens with zero attached hydrogens (tertiary/aromatic N) is 1. The largest absolute Gasteiger partial charge is 0.455 e. The van der Waals surface area contributed by atoms with Gasteiger partial charge in [0.05, 0.1) is 5.56 Å². The first kappa shape index (κ1) is 15.9. The lowest BCUT2D eigenvalue weighted by Gasteiger charge is -2.08. The topological polar surface area (TPSA) is 17.0 Å². The maximum absolute atomic E-state index is 8.34. The number of aromatic nitrogens is 1. The summed E-state index contributed by atoms with van der Waals surface area (Å²) in [6.45, 7) is 5.96. The van der Waals surface area contributed by atoms with Crippen molar-refractivity contribution >= 4 is 32.7 Å². The third kappa shape index (κ3) is 2.45. The number of furan rings is 1. The van der Waals surface area contributed by atoms with Crippen LogP contribution in [0, 0.1) is 6.92 Å². The summed E-state index contributed by atoms with van der Waals surface area (Å²) in [5, 5.41) is 4.75. The summed E-state index contributed by atoms with van der Waals surface area (Å²) in [7, 11) is 2.04. The van der Waals surface area contributed by atoms with Crippen molar-refractivity contribution in [1.29, 1.82) is 0 Å². The van der Waals surface area contributed by atoms with Gasteiger partial charge in [-0.05, 0) is 41.3 Å². The monoisotopic (exact) mass is 367 g/mol. The van der Waals surface area contributed by atoms with Crippen molar-refractivity contribution in [2.24, 2.45) is 7.05 Å². The maximum Gasteiger partial charge on any atom is 0.216 e. The Bertz CT molecular complexity index is 1410. The van der Waals surface area contributed by atoms with Crippen LogP contribution in [0.15, 0.2) is 71.3 Å². The van der Waals surface area contributed by atoms with Gasteiger partial charge in [0.25, 0.3) is 0 Å². The fourth-order valence-electron chi connectivity index (χ4n) is 4.19. The molecule has 28 heavy (non-hydrogen) atoms. The van der Waals surface area contributed by atoms with Gasteiger partial charge in [0.2, 0.25) is 5.69 Å². The summed E-state index contributed by atoms with van der Waals surface area (Å²) in [4.78, 5) is 0. The SMILES string of the molecule is [2H]C(C)(C)c1ccc(-c2c(C)ccc3c2oc2ccc4ccccc4c23)[n+](C)c1. The average molecular weight is 367 g/mol. The predicted octanol–water partition coefficient (Wildman–Crippen LogP) is 6.66. The molecule has 0 saturated carbocycles. The predicted molar refractivity (Wildman–Crippen MR) is 117 cm³/mol. The van der Waals surface area contributed by atoms with Crippen LogP contribution in [0.3, 0.4) is 0 Å². The molecule has 0 aliphatic heterocycles. The van der Waals surface area contributed by atoms with Crippen LogP contribution < -0.4 is 4.57 Å². The highest BCUT2D eigenvalue weighted by Crippen LogP contribution is 2.39. The van der Waals surface area contributed by atoms with Crippen LogP contribution in [0.2, 0.25) is 0 Å². The molecule has 0 radical (unpaired) electrons. The highest BCUT2D eigenvalue weighted by atomic mass is 16.3. The maximum atomic E-state index is 8.34. The Morgan fingerprint density at radius 1 is 0.929 bits per heavy atom. The molecule has 2 nitrogen and oxygen atoms in total. The van der Waals surface area contributed by atoms with E-state index in [9.17, 15) is 0 Å². The second-order valence-electron chi connectivity index (χ2n) is 7.81. The molecule has 0 aliphatic rings. The van der Waals surface area contributed by atoms with Crippen molar-refractivity contribution < 1.29 is 10.4 Å². The second-order valence-corrected chi connectivity index (χ2v) is 7.81. The van der Waals surface area contributed by atoms with Crippen LogP contribution in [0.4, 0.5) is 0 Å². The van der Waals surface area contributed by atoms with Gasteiger partial charge < -0.3 is 4.42 Å².